The van der Waals surface area contributed by atoms with Crippen LogP contribution in [0.1, 0.15) is 33.6 Å². The zero-order valence-electron chi connectivity index (χ0n) is 22.4. The number of nitrogens with one attached hydrogen (secondary N) is 2. The van der Waals surface area contributed by atoms with Gasteiger partial charge in [-0.2, -0.15) is 0 Å². The Bertz CT molecular complexity index is 1820. The first-order valence-corrected chi connectivity index (χ1v) is 14.6. The third-order valence-corrected chi connectivity index (χ3v) is 9.12. The van der Waals surface area contributed by atoms with E-state index in [1.165, 1.54) is 77.7 Å². The molecule has 4 aromatic carbocycles. The first-order valence-electron chi connectivity index (χ1n) is 14.6. The number of hydrogen-bond donors (Lipinski definition) is 2. The molecule has 0 fully saturated rings. The maximum absolute atomic E-state index is 5.68. The molecule has 4 nitrogen and oxygen atoms in total. The van der Waals surface area contributed by atoms with Gasteiger partial charge in [0.1, 0.15) is 11.5 Å². The third-order valence-electron chi connectivity index (χ3n) is 9.12. The van der Waals surface area contributed by atoms with Gasteiger partial charge in [-0.1, -0.05) is 48.5 Å². The number of benzene rings is 4. The second kappa shape index (κ2) is 8.53. The average Bonchev–Trinajstić information content (AvgIpc) is 3.76. The quantitative estimate of drug-likeness (QED) is 0.235. The summed E-state index contributed by atoms with van der Waals surface area (Å²) in [6.07, 6.45) is 6.13. The topological polar surface area (TPSA) is 50.0 Å². The van der Waals surface area contributed by atoms with Crippen molar-refractivity contribution in [1.82, 2.24) is 9.97 Å². The van der Waals surface area contributed by atoms with Crippen LogP contribution in [0.3, 0.4) is 0 Å². The van der Waals surface area contributed by atoms with Gasteiger partial charge in [-0.3, -0.25) is 0 Å². The summed E-state index contributed by atoms with van der Waals surface area (Å²) in [5.41, 5.74) is 16.1. The van der Waals surface area contributed by atoms with Gasteiger partial charge in [0.05, 0.1) is 24.2 Å². The normalized spacial score (nSPS) is 14.4. The van der Waals surface area contributed by atoms with Gasteiger partial charge in [-0.25, -0.2) is 0 Å². The Hall–Kier alpha value is -4.44. The van der Waals surface area contributed by atoms with E-state index in [1.54, 1.807) is 0 Å². The van der Waals surface area contributed by atoms with E-state index in [9.17, 15) is 0 Å². The van der Waals surface area contributed by atoms with E-state index in [0.29, 0.717) is 0 Å². The standard InChI is InChI=1S/C36H30N2O2/c1(21-3-11-31-23(17-21)13-15-39-31)7-27-19-25-5-9-29-33(35(25)37-27)30-10-6-26-20-28(38-36(26)34(29)30)8-2-22-4-12-32-24(18-22)14-16-40-32/h3-6,9-12,17-20,37-38H,1-2,7-8,13-16H2. The fourth-order valence-electron chi connectivity index (χ4n) is 7.05. The summed E-state index contributed by atoms with van der Waals surface area (Å²) in [7, 11) is 0. The summed E-state index contributed by atoms with van der Waals surface area (Å²) < 4.78 is 11.4. The van der Waals surface area contributed by atoms with Crippen LogP contribution in [0.15, 0.2) is 72.8 Å². The highest BCUT2D eigenvalue weighted by molar-refractivity contribution is 6.20. The number of ether oxygens (including phenoxy) is 2. The van der Waals surface area contributed by atoms with Crippen molar-refractivity contribution in [1.29, 1.82) is 0 Å². The van der Waals surface area contributed by atoms with Crippen LogP contribution in [-0.2, 0) is 38.5 Å². The molecule has 9 rings (SSSR count). The molecule has 4 heterocycles. The smallest absolute Gasteiger partial charge is 0.122 e. The van der Waals surface area contributed by atoms with E-state index in [4.69, 9.17) is 9.47 Å². The summed E-state index contributed by atoms with van der Waals surface area (Å²) in [6.45, 7) is 1.63. The Balaban J connectivity index is 0.970. The fraction of sp³-hybridized carbons (Fsp3) is 0.222. The molecule has 0 atom stereocenters. The molecule has 196 valence electrons. The van der Waals surface area contributed by atoms with Crippen molar-refractivity contribution in [3.8, 4) is 33.8 Å². The summed E-state index contributed by atoms with van der Waals surface area (Å²) in [4.78, 5) is 7.57. The Labute approximate surface area is 233 Å². The Morgan fingerprint density at radius 3 is 1.52 bits per heavy atom. The lowest BCUT2D eigenvalue weighted by Crippen LogP contribution is -2.01. The van der Waals surface area contributed by atoms with E-state index in [-0.39, 0.29) is 0 Å². The largest absolute Gasteiger partial charge is 0.493 e. The number of aryl methyl sites for hydroxylation is 4. The minimum Gasteiger partial charge on any atom is -0.493 e. The highest BCUT2D eigenvalue weighted by Crippen LogP contribution is 2.53. The van der Waals surface area contributed by atoms with Crippen LogP contribution in [0, 0.1) is 0 Å². The minimum absolute atomic E-state index is 0.814. The van der Waals surface area contributed by atoms with Gasteiger partial charge in [0.15, 0.2) is 0 Å². The van der Waals surface area contributed by atoms with Crippen molar-refractivity contribution in [2.75, 3.05) is 13.2 Å². The SMILES string of the molecule is c1cc2c(cc1CCc1cc3ccc4c(c3[nH]1)-c1ccc3cc(CCc5ccc6c(c5)CCO6)[nH]c3c1-4)CCO2. The molecule has 0 saturated carbocycles. The molecule has 40 heavy (non-hydrogen) atoms. The van der Waals surface area contributed by atoms with Crippen molar-refractivity contribution in [2.45, 2.75) is 38.5 Å². The molecule has 1 aliphatic carbocycles. The number of rotatable bonds is 6. The molecule has 6 aromatic rings. The monoisotopic (exact) mass is 522 g/mol. The van der Waals surface area contributed by atoms with E-state index < -0.39 is 0 Å². The molecule has 3 aliphatic rings. The van der Waals surface area contributed by atoms with E-state index in [0.717, 1.165) is 63.2 Å². The molecule has 0 spiro atoms. The lowest BCUT2D eigenvalue weighted by atomic mass is 9.78. The zero-order valence-corrected chi connectivity index (χ0v) is 22.4. The van der Waals surface area contributed by atoms with Crippen LogP contribution in [0.2, 0.25) is 0 Å². The molecule has 2 aromatic heterocycles. The second-order valence-electron chi connectivity index (χ2n) is 11.6. The van der Waals surface area contributed by atoms with Crippen LogP contribution < -0.4 is 9.47 Å². The van der Waals surface area contributed by atoms with Crippen LogP contribution in [-0.4, -0.2) is 23.2 Å². The fourth-order valence-corrected chi connectivity index (χ4v) is 7.05. The van der Waals surface area contributed by atoms with E-state index in [2.05, 4.69) is 82.8 Å². The summed E-state index contributed by atoms with van der Waals surface area (Å²) in [5.74, 6) is 2.12. The molecule has 0 unspecified atom stereocenters. The summed E-state index contributed by atoms with van der Waals surface area (Å²) >= 11 is 0. The number of aromatic nitrogens is 2. The Morgan fingerprint density at radius 1 is 0.525 bits per heavy atom. The number of aromatic amines is 2. The number of H-pyrrole nitrogens is 2. The molecule has 2 aliphatic heterocycles. The molecule has 0 radical (unpaired) electrons. The Kier molecular flexibility index (Phi) is 4.77. The molecular formula is C36H30N2O2. The van der Waals surface area contributed by atoms with Gasteiger partial charge < -0.3 is 19.4 Å². The van der Waals surface area contributed by atoms with Crippen LogP contribution in [0.25, 0.3) is 44.1 Å². The summed E-state index contributed by atoms with van der Waals surface area (Å²) in [6, 6.07) is 27.2. The zero-order chi connectivity index (χ0) is 26.2. The number of fused-ring (bicyclic) bond motifs is 10. The maximum atomic E-state index is 5.68. The van der Waals surface area contributed by atoms with Crippen molar-refractivity contribution in [2.24, 2.45) is 0 Å². The molecule has 2 N–H and O–H groups in total. The highest BCUT2D eigenvalue weighted by atomic mass is 16.5. The van der Waals surface area contributed by atoms with Gasteiger partial charge in [0.25, 0.3) is 0 Å². The maximum Gasteiger partial charge on any atom is 0.122 e. The van der Waals surface area contributed by atoms with Gasteiger partial charge in [-0.05, 0) is 83.3 Å². The third kappa shape index (κ3) is 3.45. The first kappa shape index (κ1) is 22.4. The lowest BCUT2D eigenvalue weighted by Gasteiger charge is -2.25. The van der Waals surface area contributed by atoms with Crippen molar-refractivity contribution < 1.29 is 9.47 Å². The van der Waals surface area contributed by atoms with Gasteiger partial charge in [0, 0.05) is 46.1 Å². The van der Waals surface area contributed by atoms with Crippen molar-refractivity contribution in [3.05, 3.63) is 106 Å². The van der Waals surface area contributed by atoms with Gasteiger partial charge in [-0.15, -0.1) is 0 Å². The molecular weight excluding hydrogens is 492 g/mol. The molecule has 0 amide bonds. The summed E-state index contributed by atoms with van der Waals surface area (Å²) in [5, 5.41) is 2.60. The molecule has 0 saturated heterocycles. The van der Waals surface area contributed by atoms with E-state index in [1.807, 2.05) is 0 Å². The average molecular weight is 523 g/mol. The predicted molar refractivity (Wildman–Crippen MR) is 161 cm³/mol. The van der Waals surface area contributed by atoms with Crippen LogP contribution >= 0.6 is 0 Å². The molecule has 4 heteroatoms. The second-order valence-corrected chi connectivity index (χ2v) is 11.6. The van der Waals surface area contributed by atoms with Crippen LogP contribution in [0.4, 0.5) is 0 Å². The van der Waals surface area contributed by atoms with E-state index >= 15 is 0 Å². The molecule has 0 bridgehead atoms. The van der Waals surface area contributed by atoms with Crippen molar-refractivity contribution in [3.63, 3.8) is 0 Å². The predicted octanol–water partition coefficient (Wildman–Crippen LogP) is 7.74. The first-order chi connectivity index (χ1) is 19.8. The van der Waals surface area contributed by atoms with Gasteiger partial charge >= 0.3 is 0 Å². The lowest BCUT2D eigenvalue weighted by molar-refractivity contribution is 0.356. The van der Waals surface area contributed by atoms with Crippen molar-refractivity contribution >= 4 is 21.8 Å². The van der Waals surface area contributed by atoms with Gasteiger partial charge in [0.2, 0.25) is 0 Å². The Morgan fingerprint density at radius 2 is 1.02 bits per heavy atom. The van der Waals surface area contributed by atoms with Crippen LogP contribution in [0.5, 0.6) is 11.5 Å². The minimum atomic E-state index is 0.814. The number of hydrogen-bond acceptors (Lipinski definition) is 2. The highest BCUT2D eigenvalue weighted by Gasteiger charge is 2.28.